The molecule has 0 unspecified atom stereocenters. The van der Waals surface area contributed by atoms with E-state index in [1.807, 2.05) is 31.2 Å². The lowest BCUT2D eigenvalue weighted by Crippen LogP contribution is -2.14. The van der Waals surface area contributed by atoms with E-state index in [0.717, 1.165) is 10.9 Å². The second kappa shape index (κ2) is 7.49. The van der Waals surface area contributed by atoms with Crippen LogP contribution in [0.25, 0.3) is 10.9 Å². The van der Waals surface area contributed by atoms with Crippen LogP contribution in [0.4, 0.5) is 0 Å². The van der Waals surface area contributed by atoms with Crippen LogP contribution in [0.2, 0.25) is 5.15 Å². The molecule has 0 atom stereocenters. The average molecular weight is 371 g/mol. The molecule has 26 heavy (non-hydrogen) atoms. The molecule has 1 aromatic carbocycles. The number of fused-ring (bicyclic) bond motifs is 1. The van der Waals surface area contributed by atoms with Gasteiger partial charge in [0.05, 0.1) is 29.4 Å². The van der Waals surface area contributed by atoms with E-state index in [-0.39, 0.29) is 17.3 Å². The third-order valence-corrected chi connectivity index (χ3v) is 4.14. The molecule has 0 saturated heterocycles. The largest absolute Gasteiger partial charge is 0.465 e. The van der Waals surface area contributed by atoms with Gasteiger partial charge < -0.3 is 9.47 Å². The maximum atomic E-state index is 12.2. The third kappa shape index (κ3) is 3.50. The van der Waals surface area contributed by atoms with Crippen LogP contribution in [0, 0.1) is 6.92 Å². The van der Waals surface area contributed by atoms with Crippen molar-refractivity contribution in [1.82, 2.24) is 9.97 Å². The van der Waals surface area contributed by atoms with Crippen molar-refractivity contribution in [3.05, 3.63) is 70.1 Å². The maximum Gasteiger partial charge on any atom is 0.340 e. The van der Waals surface area contributed by atoms with Gasteiger partial charge in [-0.15, -0.1) is 0 Å². The molecule has 0 aliphatic rings. The molecule has 3 aromatic rings. The number of para-hydroxylation sites is 1. The van der Waals surface area contributed by atoms with Crippen LogP contribution in [-0.4, -0.2) is 29.0 Å². The maximum absolute atomic E-state index is 12.2. The lowest BCUT2D eigenvalue weighted by molar-refractivity contribution is 0.0455. The molecule has 0 spiro atoms. The second-order valence-corrected chi connectivity index (χ2v) is 5.90. The Bertz CT molecular complexity index is 987. The molecule has 3 rings (SSSR count). The Morgan fingerprint density at radius 2 is 1.88 bits per heavy atom. The smallest absolute Gasteiger partial charge is 0.340 e. The highest BCUT2D eigenvalue weighted by Gasteiger charge is 2.20. The number of methoxy groups -OCH3 is 1. The van der Waals surface area contributed by atoms with Gasteiger partial charge >= 0.3 is 11.9 Å². The lowest BCUT2D eigenvalue weighted by Gasteiger charge is -2.13. The highest BCUT2D eigenvalue weighted by molar-refractivity contribution is 6.29. The highest BCUT2D eigenvalue weighted by Crippen LogP contribution is 2.24. The van der Waals surface area contributed by atoms with Crippen molar-refractivity contribution in [1.29, 1.82) is 0 Å². The van der Waals surface area contributed by atoms with Crippen LogP contribution in [0.5, 0.6) is 0 Å². The first kappa shape index (κ1) is 17.8. The Labute approximate surface area is 154 Å². The van der Waals surface area contributed by atoms with Crippen LogP contribution in [0.3, 0.4) is 0 Å². The number of hydrogen-bond acceptors (Lipinski definition) is 6. The Kier molecular flexibility index (Phi) is 5.14. The Morgan fingerprint density at radius 1 is 1.12 bits per heavy atom. The topological polar surface area (TPSA) is 78.4 Å². The van der Waals surface area contributed by atoms with Crippen molar-refractivity contribution < 1.29 is 19.1 Å². The van der Waals surface area contributed by atoms with Crippen molar-refractivity contribution in [3.8, 4) is 0 Å². The van der Waals surface area contributed by atoms with Crippen LogP contribution >= 0.6 is 11.6 Å². The highest BCUT2D eigenvalue weighted by atomic mass is 35.5. The fourth-order valence-electron chi connectivity index (χ4n) is 2.63. The molecule has 0 saturated carbocycles. The third-order valence-electron chi connectivity index (χ3n) is 3.92. The van der Waals surface area contributed by atoms with Crippen molar-refractivity contribution in [2.75, 3.05) is 7.11 Å². The van der Waals surface area contributed by atoms with Crippen LogP contribution in [0.15, 0.2) is 42.6 Å². The summed E-state index contributed by atoms with van der Waals surface area (Å²) in [5.41, 5.74) is 2.32. The van der Waals surface area contributed by atoms with E-state index in [2.05, 4.69) is 9.97 Å². The summed E-state index contributed by atoms with van der Waals surface area (Å²) in [6.45, 7) is 1.64. The van der Waals surface area contributed by atoms with Crippen LogP contribution in [0.1, 0.15) is 32.0 Å². The van der Waals surface area contributed by atoms with Gasteiger partial charge in [-0.1, -0.05) is 29.8 Å². The van der Waals surface area contributed by atoms with Gasteiger partial charge in [0.2, 0.25) is 0 Å². The van der Waals surface area contributed by atoms with E-state index < -0.39 is 11.9 Å². The molecular formula is C19H15ClN2O4. The average Bonchev–Trinajstić information content (AvgIpc) is 2.66. The van der Waals surface area contributed by atoms with E-state index in [0.29, 0.717) is 16.8 Å². The quantitative estimate of drug-likeness (QED) is 0.514. The SMILES string of the molecule is COC(=O)c1c(COC(=O)c2ccc(Cl)nc2)nc2ccccc2c1C. The number of aryl methyl sites for hydroxylation is 1. The summed E-state index contributed by atoms with van der Waals surface area (Å²) in [5.74, 6) is -1.11. The first-order valence-electron chi connectivity index (χ1n) is 7.76. The molecule has 2 heterocycles. The molecule has 6 nitrogen and oxygen atoms in total. The van der Waals surface area contributed by atoms with Crippen LogP contribution < -0.4 is 0 Å². The Balaban J connectivity index is 1.94. The minimum absolute atomic E-state index is 0.169. The van der Waals surface area contributed by atoms with E-state index in [1.165, 1.54) is 25.4 Å². The number of hydrogen-bond donors (Lipinski definition) is 0. The predicted molar refractivity (Wildman–Crippen MR) is 96.2 cm³/mol. The molecular weight excluding hydrogens is 356 g/mol. The number of carbonyl (C=O) groups excluding carboxylic acids is 2. The molecule has 132 valence electrons. The molecule has 0 N–H and O–H groups in total. The number of aromatic nitrogens is 2. The minimum atomic E-state index is -0.586. The van der Waals surface area contributed by atoms with Crippen molar-refractivity contribution in [2.24, 2.45) is 0 Å². The lowest BCUT2D eigenvalue weighted by atomic mass is 10.0. The van der Waals surface area contributed by atoms with Gasteiger partial charge in [0, 0.05) is 11.6 Å². The molecule has 2 aromatic heterocycles. The van der Waals surface area contributed by atoms with Crippen molar-refractivity contribution in [3.63, 3.8) is 0 Å². The summed E-state index contributed by atoms with van der Waals surface area (Å²) in [4.78, 5) is 32.7. The summed E-state index contributed by atoms with van der Waals surface area (Å²) in [6.07, 6.45) is 1.32. The van der Waals surface area contributed by atoms with Gasteiger partial charge in [-0.05, 0) is 30.7 Å². The standard InChI is InChI=1S/C19H15ClN2O4/c1-11-13-5-3-4-6-14(13)22-15(17(11)19(24)25-2)10-26-18(23)12-7-8-16(20)21-9-12/h3-9H,10H2,1-2H3. The summed E-state index contributed by atoms with van der Waals surface area (Å²) in [7, 11) is 1.30. The van der Waals surface area contributed by atoms with E-state index >= 15 is 0 Å². The van der Waals surface area contributed by atoms with Crippen molar-refractivity contribution >= 4 is 34.4 Å². The normalized spacial score (nSPS) is 10.6. The van der Waals surface area contributed by atoms with E-state index in [1.54, 1.807) is 0 Å². The molecule has 0 fully saturated rings. The molecule has 0 aliphatic heterocycles. The molecule has 7 heteroatoms. The number of nitrogens with zero attached hydrogens (tertiary/aromatic N) is 2. The van der Waals surface area contributed by atoms with Crippen LogP contribution in [-0.2, 0) is 16.1 Å². The minimum Gasteiger partial charge on any atom is -0.465 e. The predicted octanol–water partition coefficient (Wildman–Crippen LogP) is 3.74. The second-order valence-electron chi connectivity index (χ2n) is 5.51. The zero-order valence-corrected chi connectivity index (χ0v) is 14.9. The molecule has 0 bridgehead atoms. The van der Waals surface area contributed by atoms with Gasteiger partial charge in [0.15, 0.2) is 0 Å². The Morgan fingerprint density at radius 3 is 2.58 bits per heavy atom. The number of esters is 2. The number of ether oxygens (including phenoxy) is 2. The molecule has 0 amide bonds. The van der Waals surface area contributed by atoms with Gasteiger partial charge in [-0.2, -0.15) is 0 Å². The van der Waals surface area contributed by atoms with Gasteiger partial charge in [-0.25, -0.2) is 19.6 Å². The van der Waals surface area contributed by atoms with Gasteiger partial charge in [0.25, 0.3) is 0 Å². The number of rotatable bonds is 4. The fourth-order valence-corrected chi connectivity index (χ4v) is 2.74. The van der Waals surface area contributed by atoms with Gasteiger partial charge in [-0.3, -0.25) is 0 Å². The molecule has 0 aliphatic carbocycles. The number of pyridine rings is 2. The first-order chi connectivity index (χ1) is 12.5. The molecule has 0 radical (unpaired) electrons. The van der Waals surface area contributed by atoms with E-state index in [9.17, 15) is 9.59 Å². The first-order valence-corrected chi connectivity index (χ1v) is 8.14. The Hall–Kier alpha value is -2.99. The summed E-state index contributed by atoms with van der Waals surface area (Å²) in [5, 5.41) is 1.12. The number of carbonyl (C=O) groups is 2. The fraction of sp³-hybridized carbons (Fsp3) is 0.158. The van der Waals surface area contributed by atoms with Gasteiger partial charge in [0.1, 0.15) is 11.8 Å². The van der Waals surface area contributed by atoms with Crippen molar-refractivity contribution in [2.45, 2.75) is 13.5 Å². The summed E-state index contributed by atoms with van der Waals surface area (Å²) >= 11 is 5.71. The number of benzene rings is 1. The zero-order chi connectivity index (χ0) is 18.7. The van der Waals surface area contributed by atoms with E-state index in [4.69, 9.17) is 21.1 Å². The summed E-state index contributed by atoms with van der Waals surface area (Å²) in [6, 6.07) is 10.4. The number of halogens is 1. The summed E-state index contributed by atoms with van der Waals surface area (Å²) < 4.78 is 10.2. The zero-order valence-electron chi connectivity index (χ0n) is 14.2. The monoisotopic (exact) mass is 370 g/mol.